The molecule has 0 radical (unpaired) electrons. The molecule has 0 saturated carbocycles. The number of anilines is 3. The van der Waals surface area contributed by atoms with Crippen molar-refractivity contribution in [1.82, 2.24) is 9.97 Å². The molecule has 1 aliphatic heterocycles. The zero-order valence-electron chi connectivity index (χ0n) is 17.2. The second-order valence-electron chi connectivity index (χ2n) is 7.61. The number of nitrogens with two attached hydrogens (primary N) is 1. The minimum Gasteiger partial charge on any atom is -0.397 e. The summed E-state index contributed by atoms with van der Waals surface area (Å²) in [5, 5.41) is 2.81. The van der Waals surface area contributed by atoms with Crippen LogP contribution < -0.4 is 16.0 Å². The molecule has 1 saturated heterocycles. The zero-order valence-corrected chi connectivity index (χ0v) is 17.2. The number of alkyl halides is 3. The Morgan fingerprint density at radius 3 is 2.59 bits per heavy atom. The van der Waals surface area contributed by atoms with E-state index in [0.29, 0.717) is 5.69 Å². The third-order valence-electron chi connectivity index (χ3n) is 5.37. The lowest BCUT2D eigenvalue weighted by Crippen LogP contribution is -2.30. The van der Waals surface area contributed by atoms with E-state index in [4.69, 9.17) is 5.73 Å². The third kappa shape index (κ3) is 4.66. The molecule has 3 N–H and O–H groups in total. The number of nitrogens with zero attached hydrogens (tertiary/aromatic N) is 3. The summed E-state index contributed by atoms with van der Waals surface area (Å²) in [6, 6.07) is 9.59. The van der Waals surface area contributed by atoms with Gasteiger partial charge < -0.3 is 16.0 Å². The molecule has 6 nitrogen and oxygen atoms in total. The summed E-state index contributed by atoms with van der Waals surface area (Å²) in [5.41, 5.74) is 7.10. The molecule has 9 heteroatoms. The first-order valence-corrected chi connectivity index (χ1v) is 10.3. The van der Waals surface area contributed by atoms with Gasteiger partial charge in [0.2, 0.25) is 0 Å². The molecule has 1 aliphatic rings. The summed E-state index contributed by atoms with van der Waals surface area (Å²) in [6.45, 7) is 1.77. The van der Waals surface area contributed by atoms with Crippen LogP contribution in [0.15, 0.2) is 54.9 Å². The van der Waals surface area contributed by atoms with E-state index in [1.54, 1.807) is 12.4 Å². The van der Waals surface area contributed by atoms with Gasteiger partial charge in [0, 0.05) is 24.8 Å². The number of aromatic nitrogens is 2. The first-order chi connectivity index (χ1) is 15.3. The maximum atomic E-state index is 13.1. The smallest absolute Gasteiger partial charge is 0.397 e. The number of amides is 1. The molecular weight excluding hydrogens is 419 g/mol. The SMILES string of the molecule is Nc1ccc(-c2cccc(C(F)(F)F)c2)nc1C(=O)Nc1cnccc1N1CCCCC1. The number of carbonyl (C=O) groups excluding carboxylic acids is 1. The Balaban J connectivity index is 1.62. The van der Waals surface area contributed by atoms with Crippen LogP contribution in [0.5, 0.6) is 0 Å². The van der Waals surface area contributed by atoms with Gasteiger partial charge in [-0.1, -0.05) is 12.1 Å². The molecule has 0 aliphatic carbocycles. The molecule has 166 valence electrons. The fourth-order valence-electron chi connectivity index (χ4n) is 3.74. The van der Waals surface area contributed by atoms with E-state index in [1.165, 1.54) is 30.7 Å². The van der Waals surface area contributed by atoms with Gasteiger partial charge in [-0.25, -0.2) is 4.98 Å². The van der Waals surface area contributed by atoms with Gasteiger partial charge >= 0.3 is 6.18 Å². The number of hydrogen-bond donors (Lipinski definition) is 2. The van der Waals surface area contributed by atoms with Gasteiger partial charge in [0.15, 0.2) is 5.69 Å². The fraction of sp³-hybridized carbons (Fsp3) is 0.261. The number of pyridine rings is 2. The third-order valence-corrected chi connectivity index (χ3v) is 5.37. The first-order valence-electron chi connectivity index (χ1n) is 10.3. The Bertz CT molecular complexity index is 1130. The predicted molar refractivity (Wildman–Crippen MR) is 117 cm³/mol. The molecule has 3 aromatic rings. The number of carbonyl (C=O) groups is 1. The van der Waals surface area contributed by atoms with Gasteiger partial charge in [-0.2, -0.15) is 13.2 Å². The molecule has 32 heavy (non-hydrogen) atoms. The quantitative estimate of drug-likeness (QED) is 0.596. The van der Waals surface area contributed by atoms with E-state index >= 15 is 0 Å². The average molecular weight is 441 g/mol. The van der Waals surface area contributed by atoms with Crippen molar-refractivity contribution >= 4 is 23.0 Å². The number of nitrogens with one attached hydrogen (secondary N) is 1. The second-order valence-corrected chi connectivity index (χ2v) is 7.61. The minimum atomic E-state index is -4.48. The van der Waals surface area contributed by atoms with Gasteiger partial charge in [0.25, 0.3) is 5.91 Å². The van der Waals surface area contributed by atoms with E-state index in [1.807, 2.05) is 6.07 Å². The summed E-state index contributed by atoms with van der Waals surface area (Å²) in [4.78, 5) is 23.6. The van der Waals surface area contributed by atoms with Gasteiger partial charge in [0.1, 0.15) is 0 Å². The molecule has 1 aromatic carbocycles. The average Bonchev–Trinajstić information content (AvgIpc) is 2.80. The van der Waals surface area contributed by atoms with Crippen molar-refractivity contribution in [2.75, 3.05) is 29.0 Å². The lowest BCUT2D eigenvalue weighted by Gasteiger charge is -2.30. The molecule has 1 amide bonds. The fourth-order valence-corrected chi connectivity index (χ4v) is 3.74. The Morgan fingerprint density at radius 1 is 1.06 bits per heavy atom. The predicted octanol–water partition coefficient (Wildman–Crippen LogP) is 4.99. The van der Waals surface area contributed by atoms with Crippen molar-refractivity contribution in [3.05, 3.63) is 66.1 Å². The number of benzene rings is 1. The maximum absolute atomic E-state index is 13.1. The van der Waals surface area contributed by atoms with Gasteiger partial charge in [-0.05, 0) is 49.6 Å². The Labute approximate surface area is 183 Å². The van der Waals surface area contributed by atoms with Crippen LogP contribution in [0.25, 0.3) is 11.3 Å². The lowest BCUT2D eigenvalue weighted by molar-refractivity contribution is -0.137. The second kappa shape index (κ2) is 8.86. The zero-order chi connectivity index (χ0) is 22.7. The summed E-state index contributed by atoms with van der Waals surface area (Å²) in [6.07, 6.45) is 2.07. The normalized spacial score (nSPS) is 14.3. The monoisotopic (exact) mass is 441 g/mol. The Kier molecular flexibility index (Phi) is 5.98. The standard InChI is InChI=1S/C23H22F3N5O/c24-23(25,26)16-6-4-5-15(13-16)18-8-7-17(27)21(29-18)22(32)30-19-14-28-10-9-20(19)31-11-2-1-3-12-31/h4-10,13-14H,1-3,11-12,27H2,(H,30,32). The molecule has 0 atom stereocenters. The van der Waals surface area contributed by atoms with E-state index in [-0.39, 0.29) is 22.6 Å². The van der Waals surface area contributed by atoms with E-state index < -0.39 is 17.6 Å². The number of rotatable bonds is 4. The van der Waals surface area contributed by atoms with Crippen LogP contribution in [-0.2, 0) is 6.18 Å². The maximum Gasteiger partial charge on any atom is 0.416 e. The highest BCUT2D eigenvalue weighted by Crippen LogP contribution is 2.32. The molecule has 0 spiro atoms. The van der Waals surface area contributed by atoms with Crippen LogP contribution >= 0.6 is 0 Å². The molecule has 4 rings (SSSR count). The Morgan fingerprint density at radius 2 is 1.84 bits per heavy atom. The van der Waals surface area contributed by atoms with Crippen molar-refractivity contribution in [1.29, 1.82) is 0 Å². The lowest BCUT2D eigenvalue weighted by atomic mass is 10.1. The van der Waals surface area contributed by atoms with E-state index in [0.717, 1.165) is 43.8 Å². The number of hydrogen-bond acceptors (Lipinski definition) is 5. The molecule has 2 aromatic heterocycles. The Hall–Kier alpha value is -3.62. The topological polar surface area (TPSA) is 84.1 Å². The molecule has 0 bridgehead atoms. The van der Waals surface area contributed by atoms with Crippen LogP contribution in [0.3, 0.4) is 0 Å². The van der Waals surface area contributed by atoms with Crippen molar-refractivity contribution < 1.29 is 18.0 Å². The largest absolute Gasteiger partial charge is 0.416 e. The van der Waals surface area contributed by atoms with E-state index in [2.05, 4.69) is 20.2 Å². The molecule has 3 heterocycles. The van der Waals surface area contributed by atoms with Crippen LogP contribution in [0, 0.1) is 0 Å². The van der Waals surface area contributed by atoms with Crippen LogP contribution in [-0.4, -0.2) is 29.0 Å². The summed E-state index contributed by atoms with van der Waals surface area (Å²) < 4.78 is 39.2. The molecule has 1 fully saturated rings. The number of halogens is 3. The van der Waals surface area contributed by atoms with Crippen molar-refractivity contribution in [2.24, 2.45) is 0 Å². The summed E-state index contributed by atoms with van der Waals surface area (Å²) >= 11 is 0. The summed E-state index contributed by atoms with van der Waals surface area (Å²) in [5.74, 6) is -0.553. The van der Waals surface area contributed by atoms with Gasteiger partial charge in [0.05, 0.1) is 34.5 Å². The highest BCUT2D eigenvalue weighted by molar-refractivity contribution is 6.07. The van der Waals surface area contributed by atoms with Crippen molar-refractivity contribution in [3.63, 3.8) is 0 Å². The highest BCUT2D eigenvalue weighted by atomic mass is 19.4. The van der Waals surface area contributed by atoms with Crippen LogP contribution in [0.1, 0.15) is 35.3 Å². The number of piperidine rings is 1. The van der Waals surface area contributed by atoms with Crippen molar-refractivity contribution in [2.45, 2.75) is 25.4 Å². The van der Waals surface area contributed by atoms with Crippen LogP contribution in [0.4, 0.5) is 30.2 Å². The molecular formula is C23H22F3N5O. The summed E-state index contributed by atoms with van der Waals surface area (Å²) in [7, 11) is 0. The molecule has 0 unspecified atom stereocenters. The van der Waals surface area contributed by atoms with Crippen LogP contribution in [0.2, 0.25) is 0 Å². The van der Waals surface area contributed by atoms with Gasteiger partial charge in [-0.15, -0.1) is 0 Å². The highest BCUT2D eigenvalue weighted by Gasteiger charge is 2.30. The van der Waals surface area contributed by atoms with Gasteiger partial charge in [-0.3, -0.25) is 9.78 Å². The van der Waals surface area contributed by atoms with Crippen molar-refractivity contribution in [3.8, 4) is 11.3 Å². The minimum absolute atomic E-state index is 0.0617. The van der Waals surface area contributed by atoms with E-state index in [9.17, 15) is 18.0 Å². The first kappa shape index (κ1) is 21.6. The number of nitrogen functional groups attached to an aromatic ring is 1.